The van der Waals surface area contributed by atoms with Gasteiger partial charge in [0.05, 0.1) is 13.2 Å². The summed E-state index contributed by atoms with van der Waals surface area (Å²) in [6, 6.07) is 13.8. The van der Waals surface area contributed by atoms with Crippen molar-refractivity contribution in [2.75, 3.05) is 13.2 Å². The highest BCUT2D eigenvalue weighted by molar-refractivity contribution is 5.65. The molecule has 0 aromatic heterocycles. The van der Waals surface area contributed by atoms with Crippen LogP contribution in [0.1, 0.15) is 95.5 Å². The van der Waals surface area contributed by atoms with Gasteiger partial charge in [-0.3, -0.25) is 0 Å². The highest BCUT2D eigenvalue weighted by Crippen LogP contribution is 2.45. The number of hydrogen-bond donors (Lipinski definition) is 0. The van der Waals surface area contributed by atoms with Crippen molar-refractivity contribution < 1.29 is 13.9 Å². The minimum Gasteiger partial charge on any atom is -0.348 e. The topological polar surface area (TPSA) is 18.5 Å². The Balaban J connectivity index is 1.39. The van der Waals surface area contributed by atoms with Crippen molar-refractivity contribution in [3.63, 3.8) is 0 Å². The lowest BCUT2D eigenvalue weighted by Gasteiger charge is -2.37. The summed E-state index contributed by atoms with van der Waals surface area (Å²) in [5.74, 6) is 0.861. The molecular weight excluding hydrogens is 399 g/mol. The van der Waals surface area contributed by atoms with E-state index in [9.17, 15) is 0 Å². The maximum absolute atomic E-state index is 15.1. The summed E-state index contributed by atoms with van der Waals surface area (Å²) in [5.41, 5.74) is 4.20. The lowest BCUT2D eigenvalue weighted by molar-refractivity contribution is -0.206. The molecule has 4 rings (SSSR count). The summed E-state index contributed by atoms with van der Waals surface area (Å²) < 4.78 is 26.9. The second-order valence-corrected chi connectivity index (χ2v) is 10.3. The molecule has 3 heteroatoms. The van der Waals surface area contributed by atoms with Gasteiger partial charge in [0.15, 0.2) is 6.29 Å². The summed E-state index contributed by atoms with van der Waals surface area (Å²) in [6.07, 6.45) is 9.38. The van der Waals surface area contributed by atoms with Crippen LogP contribution in [0, 0.1) is 17.2 Å². The molecule has 0 N–H and O–H groups in total. The summed E-state index contributed by atoms with van der Waals surface area (Å²) in [4.78, 5) is 0. The Hall–Kier alpha value is -1.71. The first kappa shape index (κ1) is 23.4. The van der Waals surface area contributed by atoms with Gasteiger partial charge in [0.2, 0.25) is 0 Å². The van der Waals surface area contributed by atoms with E-state index < -0.39 is 0 Å². The maximum atomic E-state index is 15.1. The Morgan fingerprint density at radius 1 is 0.906 bits per heavy atom. The average molecular weight is 439 g/mol. The fourth-order valence-corrected chi connectivity index (χ4v) is 5.65. The van der Waals surface area contributed by atoms with E-state index >= 15 is 4.39 Å². The Labute approximate surface area is 193 Å². The summed E-state index contributed by atoms with van der Waals surface area (Å²) in [6.45, 7) is 8.38. The van der Waals surface area contributed by atoms with E-state index in [-0.39, 0.29) is 12.1 Å². The molecule has 0 bridgehead atoms. The molecule has 1 saturated heterocycles. The van der Waals surface area contributed by atoms with Gasteiger partial charge in [-0.2, -0.15) is 0 Å². The Kier molecular flexibility index (Phi) is 7.68. The number of rotatable bonds is 7. The molecule has 2 fully saturated rings. The molecule has 32 heavy (non-hydrogen) atoms. The molecule has 2 aromatic carbocycles. The predicted molar refractivity (Wildman–Crippen MR) is 129 cm³/mol. The predicted octanol–water partition coefficient (Wildman–Crippen LogP) is 8.42. The smallest absolute Gasteiger partial charge is 0.183 e. The van der Waals surface area contributed by atoms with E-state index in [0.717, 1.165) is 42.7 Å². The molecule has 1 aliphatic heterocycles. The van der Waals surface area contributed by atoms with Gasteiger partial charge in [0.1, 0.15) is 5.82 Å². The summed E-state index contributed by atoms with van der Waals surface area (Å²) in [7, 11) is 0. The van der Waals surface area contributed by atoms with Crippen LogP contribution in [-0.2, 0) is 9.47 Å². The van der Waals surface area contributed by atoms with Crippen molar-refractivity contribution in [3.05, 3.63) is 59.4 Å². The highest BCUT2D eigenvalue weighted by atomic mass is 19.1. The molecule has 0 atom stereocenters. The van der Waals surface area contributed by atoms with Crippen molar-refractivity contribution in [1.29, 1.82) is 0 Å². The van der Waals surface area contributed by atoms with Crippen molar-refractivity contribution in [1.82, 2.24) is 0 Å². The fourth-order valence-electron chi connectivity index (χ4n) is 5.65. The van der Waals surface area contributed by atoms with Crippen LogP contribution in [0.3, 0.4) is 0 Å². The van der Waals surface area contributed by atoms with E-state index in [4.69, 9.17) is 9.47 Å². The third kappa shape index (κ3) is 5.43. The molecule has 1 heterocycles. The first-order valence-corrected chi connectivity index (χ1v) is 12.6. The van der Waals surface area contributed by atoms with Crippen LogP contribution in [0.4, 0.5) is 4.39 Å². The Bertz CT molecular complexity index is 859. The van der Waals surface area contributed by atoms with Crippen molar-refractivity contribution >= 4 is 0 Å². The molecule has 1 aliphatic carbocycles. The standard InChI is InChI=1S/C29H39FO2/c1-4-6-21-19-31-28(32-20-21)24-9-7-23(8-10-24)26-12-11-25(18-27(26)30)22-13-16-29(3,15-5-2)17-14-22/h7-12,18,21-22,28H,4-6,13-17,19-20H2,1-3H3. The van der Waals surface area contributed by atoms with E-state index in [2.05, 4.69) is 26.8 Å². The van der Waals surface area contributed by atoms with Gasteiger partial charge < -0.3 is 9.47 Å². The fraction of sp³-hybridized carbons (Fsp3) is 0.586. The third-order valence-electron chi connectivity index (χ3n) is 7.67. The van der Waals surface area contributed by atoms with Gasteiger partial charge in [-0.25, -0.2) is 4.39 Å². The average Bonchev–Trinajstić information content (AvgIpc) is 2.80. The van der Waals surface area contributed by atoms with Crippen LogP contribution >= 0.6 is 0 Å². The van der Waals surface area contributed by atoms with Gasteiger partial charge in [0, 0.05) is 17.0 Å². The Morgan fingerprint density at radius 2 is 1.56 bits per heavy atom. The molecule has 0 unspecified atom stereocenters. The van der Waals surface area contributed by atoms with Crippen LogP contribution in [0.5, 0.6) is 0 Å². The minimum absolute atomic E-state index is 0.121. The van der Waals surface area contributed by atoms with Crippen LogP contribution in [0.15, 0.2) is 42.5 Å². The lowest BCUT2D eigenvalue weighted by atomic mass is 9.68. The van der Waals surface area contributed by atoms with E-state index in [1.54, 1.807) is 6.07 Å². The van der Waals surface area contributed by atoms with E-state index in [1.807, 2.05) is 30.3 Å². The summed E-state index contributed by atoms with van der Waals surface area (Å²) >= 11 is 0. The van der Waals surface area contributed by atoms with Crippen LogP contribution in [-0.4, -0.2) is 13.2 Å². The SMILES string of the molecule is CCCC1COC(c2ccc(-c3ccc(C4CCC(C)(CCC)CC4)cc3F)cc2)OC1. The van der Waals surface area contributed by atoms with Gasteiger partial charge in [-0.15, -0.1) is 0 Å². The largest absolute Gasteiger partial charge is 0.348 e. The highest BCUT2D eigenvalue weighted by Gasteiger charge is 2.31. The van der Waals surface area contributed by atoms with Crippen molar-refractivity contribution in [2.45, 2.75) is 84.3 Å². The first-order valence-electron chi connectivity index (χ1n) is 12.6. The molecule has 2 nitrogen and oxygen atoms in total. The monoisotopic (exact) mass is 438 g/mol. The molecule has 1 saturated carbocycles. The normalized spacial score (nSPS) is 28.6. The van der Waals surface area contributed by atoms with Crippen LogP contribution in [0.2, 0.25) is 0 Å². The molecule has 174 valence electrons. The number of ether oxygens (including phenoxy) is 2. The van der Waals surface area contributed by atoms with Crippen molar-refractivity contribution in [3.8, 4) is 11.1 Å². The number of hydrogen-bond acceptors (Lipinski definition) is 2. The molecule has 2 aromatic rings. The molecule has 0 amide bonds. The lowest BCUT2D eigenvalue weighted by Crippen LogP contribution is -2.26. The second-order valence-electron chi connectivity index (χ2n) is 10.3. The van der Waals surface area contributed by atoms with E-state index in [1.165, 1.54) is 38.5 Å². The third-order valence-corrected chi connectivity index (χ3v) is 7.67. The zero-order valence-electron chi connectivity index (χ0n) is 20.0. The zero-order chi connectivity index (χ0) is 22.6. The van der Waals surface area contributed by atoms with Gasteiger partial charge in [-0.05, 0) is 67.1 Å². The minimum atomic E-state index is -0.311. The van der Waals surface area contributed by atoms with Crippen LogP contribution < -0.4 is 0 Å². The molecular formula is C29H39FO2. The van der Waals surface area contributed by atoms with Gasteiger partial charge in [-0.1, -0.05) is 70.0 Å². The molecule has 2 aliphatic rings. The first-order chi connectivity index (χ1) is 15.5. The molecule has 0 radical (unpaired) electrons. The van der Waals surface area contributed by atoms with Gasteiger partial charge in [0.25, 0.3) is 0 Å². The molecule has 0 spiro atoms. The summed E-state index contributed by atoms with van der Waals surface area (Å²) in [5, 5.41) is 0. The van der Waals surface area contributed by atoms with Gasteiger partial charge >= 0.3 is 0 Å². The quantitative estimate of drug-likeness (QED) is 0.432. The zero-order valence-corrected chi connectivity index (χ0v) is 20.0. The van der Waals surface area contributed by atoms with Crippen LogP contribution in [0.25, 0.3) is 11.1 Å². The number of benzene rings is 2. The van der Waals surface area contributed by atoms with Crippen molar-refractivity contribution in [2.24, 2.45) is 11.3 Å². The Morgan fingerprint density at radius 3 is 2.16 bits per heavy atom. The second kappa shape index (κ2) is 10.5. The van der Waals surface area contributed by atoms with E-state index in [0.29, 0.717) is 22.8 Å². The number of halogens is 1. The maximum Gasteiger partial charge on any atom is 0.183 e.